The summed E-state index contributed by atoms with van der Waals surface area (Å²) in [5.41, 5.74) is 7.05. The highest BCUT2D eigenvalue weighted by molar-refractivity contribution is 7.05. The molecule has 1 rings (SSSR count). The molecule has 1 aromatic rings. The van der Waals surface area contributed by atoms with E-state index in [4.69, 9.17) is 5.73 Å². The summed E-state index contributed by atoms with van der Waals surface area (Å²) in [4.78, 5) is 1.15. The van der Waals surface area contributed by atoms with Crippen LogP contribution in [-0.4, -0.2) is 9.59 Å². The summed E-state index contributed by atoms with van der Waals surface area (Å²) in [7, 11) is 0. The summed E-state index contributed by atoms with van der Waals surface area (Å²) in [5, 5.41) is 4.03. The fourth-order valence-corrected chi connectivity index (χ4v) is 1.93. The molecule has 1 atom stereocenters. The molecule has 2 N–H and O–H groups in total. The highest BCUT2D eigenvalue weighted by Crippen LogP contribution is 2.24. The first-order valence-electron chi connectivity index (χ1n) is 4.23. The SMILES string of the molecule is CCc1nnsc1C(N)C(C)C. The van der Waals surface area contributed by atoms with Crippen molar-refractivity contribution in [3.63, 3.8) is 0 Å². The van der Waals surface area contributed by atoms with Crippen molar-refractivity contribution in [2.24, 2.45) is 11.7 Å². The number of hydrogen-bond donors (Lipinski definition) is 1. The third-order valence-electron chi connectivity index (χ3n) is 1.94. The monoisotopic (exact) mass is 185 g/mol. The molecule has 0 aromatic carbocycles. The summed E-state index contributed by atoms with van der Waals surface area (Å²) >= 11 is 1.42. The van der Waals surface area contributed by atoms with Gasteiger partial charge in [0.25, 0.3) is 0 Å². The van der Waals surface area contributed by atoms with Crippen molar-refractivity contribution in [2.75, 3.05) is 0 Å². The van der Waals surface area contributed by atoms with Crippen LogP contribution in [0.25, 0.3) is 0 Å². The van der Waals surface area contributed by atoms with Crippen LogP contribution in [0, 0.1) is 5.92 Å². The van der Waals surface area contributed by atoms with Crippen LogP contribution in [0.4, 0.5) is 0 Å². The van der Waals surface area contributed by atoms with Crippen molar-refractivity contribution >= 4 is 11.5 Å². The highest BCUT2D eigenvalue weighted by atomic mass is 32.1. The van der Waals surface area contributed by atoms with Crippen molar-refractivity contribution in [1.82, 2.24) is 9.59 Å². The van der Waals surface area contributed by atoms with Gasteiger partial charge in [-0.1, -0.05) is 25.3 Å². The molecule has 1 unspecified atom stereocenters. The lowest BCUT2D eigenvalue weighted by atomic mass is 10.0. The van der Waals surface area contributed by atoms with Crippen LogP contribution in [0.5, 0.6) is 0 Å². The van der Waals surface area contributed by atoms with E-state index >= 15 is 0 Å². The number of nitrogens with two attached hydrogens (primary N) is 1. The molecule has 0 aliphatic carbocycles. The Labute approximate surface area is 77.2 Å². The van der Waals surface area contributed by atoms with Gasteiger partial charge in [0.2, 0.25) is 0 Å². The molecule has 0 spiro atoms. The van der Waals surface area contributed by atoms with Crippen molar-refractivity contribution in [3.8, 4) is 0 Å². The minimum Gasteiger partial charge on any atom is -0.323 e. The molecule has 0 aliphatic rings. The maximum atomic E-state index is 5.99. The van der Waals surface area contributed by atoms with Gasteiger partial charge in [0.15, 0.2) is 0 Å². The van der Waals surface area contributed by atoms with E-state index < -0.39 is 0 Å². The minimum atomic E-state index is 0.0972. The molecule has 12 heavy (non-hydrogen) atoms. The number of aryl methyl sites for hydroxylation is 1. The Morgan fingerprint density at radius 3 is 2.67 bits per heavy atom. The summed E-state index contributed by atoms with van der Waals surface area (Å²) in [6, 6.07) is 0.0972. The molecule has 0 aliphatic heterocycles. The van der Waals surface area contributed by atoms with Gasteiger partial charge in [-0.05, 0) is 23.9 Å². The smallest absolute Gasteiger partial charge is 0.0800 e. The Morgan fingerprint density at radius 2 is 2.17 bits per heavy atom. The second-order valence-electron chi connectivity index (χ2n) is 3.21. The van der Waals surface area contributed by atoms with E-state index in [1.54, 1.807) is 0 Å². The van der Waals surface area contributed by atoms with E-state index in [0.29, 0.717) is 5.92 Å². The molecule has 0 radical (unpaired) electrons. The molecule has 4 heteroatoms. The van der Waals surface area contributed by atoms with Crippen molar-refractivity contribution in [1.29, 1.82) is 0 Å². The van der Waals surface area contributed by atoms with Crippen molar-refractivity contribution in [2.45, 2.75) is 33.2 Å². The van der Waals surface area contributed by atoms with Gasteiger partial charge < -0.3 is 5.73 Å². The summed E-state index contributed by atoms with van der Waals surface area (Å²) < 4.78 is 3.91. The van der Waals surface area contributed by atoms with Crippen LogP contribution in [0.1, 0.15) is 37.4 Å². The first-order chi connectivity index (χ1) is 5.66. The highest BCUT2D eigenvalue weighted by Gasteiger charge is 2.16. The molecule has 1 aromatic heterocycles. The first-order valence-corrected chi connectivity index (χ1v) is 5.00. The van der Waals surface area contributed by atoms with Gasteiger partial charge in [-0.25, -0.2) is 0 Å². The lowest BCUT2D eigenvalue weighted by molar-refractivity contribution is 0.517. The van der Waals surface area contributed by atoms with Gasteiger partial charge in [0, 0.05) is 6.04 Å². The normalized spacial score (nSPS) is 13.8. The predicted molar refractivity (Wildman–Crippen MR) is 51.1 cm³/mol. The van der Waals surface area contributed by atoms with Gasteiger partial charge in [0.1, 0.15) is 0 Å². The average Bonchev–Trinajstić information content (AvgIpc) is 2.49. The topological polar surface area (TPSA) is 51.8 Å². The second kappa shape index (κ2) is 3.96. The molecule has 0 bridgehead atoms. The Hall–Kier alpha value is -0.480. The average molecular weight is 185 g/mol. The fraction of sp³-hybridized carbons (Fsp3) is 0.750. The molecule has 1 heterocycles. The zero-order valence-corrected chi connectivity index (χ0v) is 8.56. The Morgan fingerprint density at radius 1 is 1.50 bits per heavy atom. The van der Waals surface area contributed by atoms with Crippen LogP contribution in [0.15, 0.2) is 0 Å². The molecule has 68 valence electrons. The van der Waals surface area contributed by atoms with Crippen LogP contribution < -0.4 is 5.73 Å². The molecular weight excluding hydrogens is 170 g/mol. The zero-order valence-electron chi connectivity index (χ0n) is 7.74. The van der Waals surface area contributed by atoms with Crippen LogP contribution in [0.2, 0.25) is 0 Å². The van der Waals surface area contributed by atoms with Crippen LogP contribution in [-0.2, 0) is 6.42 Å². The lowest BCUT2D eigenvalue weighted by Crippen LogP contribution is -2.16. The second-order valence-corrected chi connectivity index (χ2v) is 3.99. The van der Waals surface area contributed by atoms with Gasteiger partial charge in [-0.15, -0.1) is 5.10 Å². The number of hydrogen-bond acceptors (Lipinski definition) is 4. The summed E-state index contributed by atoms with van der Waals surface area (Å²) in [6.45, 7) is 6.31. The molecule has 0 saturated heterocycles. The molecule has 0 fully saturated rings. The minimum absolute atomic E-state index is 0.0972. The molecule has 0 amide bonds. The Bertz CT molecular complexity index is 244. The zero-order chi connectivity index (χ0) is 9.14. The lowest BCUT2D eigenvalue weighted by Gasteiger charge is -2.13. The fourth-order valence-electron chi connectivity index (χ4n) is 1.02. The summed E-state index contributed by atoms with van der Waals surface area (Å²) in [5.74, 6) is 0.456. The van der Waals surface area contributed by atoms with Crippen molar-refractivity contribution < 1.29 is 0 Å². The standard InChI is InChI=1S/C8H15N3S/c1-4-6-8(12-11-10-6)7(9)5(2)3/h5,7H,4,9H2,1-3H3. The quantitative estimate of drug-likeness (QED) is 0.780. The molecular formula is C8H15N3S. The number of nitrogens with zero attached hydrogens (tertiary/aromatic N) is 2. The molecule has 3 nitrogen and oxygen atoms in total. The number of aromatic nitrogens is 2. The van der Waals surface area contributed by atoms with Crippen molar-refractivity contribution in [3.05, 3.63) is 10.6 Å². The third-order valence-corrected chi connectivity index (χ3v) is 2.81. The van der Waals surface area contributed by atoms with Crippen LogP contribution >= 0.6 is 11.5 Å². The predicted octanol–water partition coefficient (Wildman–Crippen LogP) is 1.76. The largest absolute Gasteiger partial charge is 0.323 e. The van der Waals surface area contributed by atoms with E-state index in [1.807, 2.05) is 0 Å². The first kappa shape index (κ1) is 9.61. The Kier molecular flexibility index (Phi) is 3.17. The van der Waals surface area contributed by atoms with Crippen LogP contribution in [0.3, 0.4) is 0 Å². The van der Waals surface area contributed by atoms with Gasteiger partial charge in [-0.2, -0.15) is 0 Å². The van der Waals surface area contributed by atoms with E-state index in [1.165, 1.54) is 11.5 Å². The van der Waals surface area contributed by atoms with Gasteiger partial charge >= 0.3 is 0 Å². The summed E-state index contributed by atoms with van der Waals surface area (Å²) in [6.07, 6.45) is 0.923. The maximum absolute atomic E-state index is 5.99. The Balaban J connectivity index is 2.86. The van der Waals surface area contributed by atoms with Gasteiger partial charge in [0.05, 0.1) is 10.6 Å². The van der Waals surface area contributed by atoms with E-state index in [-0.39, 0.29) is 6.04 Å². The molecule has 0 saturated carbocycles. The van der Waals surface area contributed by atoms with Gasteiger partial charge in [-0.3, -0.25) is 0 Å². The van der Waals surface area contributed by atoms with E-state index in [2.05, 4.69) is 30.4 Å². The van der Waals surface area contributed by atoms with E-state index in [9.17, 15) is 0 Å². The van der Waals surface area contributed by atoms with E-state index in [0.717, 1.165) is 17.0 Å². The third kappa shape index (κ3) is 1.81. The number of rotatable bonds is 3. The maximum Gasteiger partial charge on any atom is 0.0800 e.